The van der Waals surface area contributed by atoms with E-state index in [0.29, 0.717) is 17.4 Å². The van der Waals surface area contributed by atoms with Crippen LogP contribution in [-0.4, -0.2) is 71.8 Å². The van der Waals surface area contributed by atoms with Gasteiger partial charge in [-0.2, -0.15) is 0 Å². The van der Waals surface area contributed by atoms with E-state index in [0.717, 1.165) is 52.1 Å². The van der Waals surface area contributed by atoms with Crippen molar-refractivity contribution in [1.82, 2.24) is 14.7 Å². The van der Waals surface area contributed by atoms with Crippen molar-refractivity contribution in [1.29, 1.82) is 0 Å². The number of nitrogens with zero attached hydrogens (tertiary/aromatic N) is 3. The van der Waals surface area contributed by atoms with Crippen LogP contribution in [0.3, 0.4) is 0 Å². The summed E-state index contributed by atoms with van der Waals surface area (Å²) in [6, 6.07) is 0.546. The van der Waals surface area contributed by atoms with Crippen molar-refractivity contribution < 1.29 is 9.59 Å². The summed E-state index contributed by atoms with van der Waals surface area (Å²) < 4.78 is 0. The first-order valence-corrected chi connectivity index (χ1v) is 9.13. The molecule has 0 N–H and O–H groups in total. The highest BCUT2D eigenvalue weighted by molar-refractivity contribution is 5.81. The second-order valence-corrected chi connectivity index (χ2v) is 8.42. The third kappa shape index (κ3) is 3.12. The van der Waals surface area contributed by atoms with Crippen LogP contribution in [0.15, 0.2) is 0 Å². The van der Waals surface area contributed by atoms with Gasteiger partial charge in [-0.05, 0) is 26.7 Å². The molecule has 3 aliphatic rings. The fourth-order valence-corrected chi connectivity index (χ4v) is 4.15. The Balaban J connectivity index is 1.43. The highest BCUT2D eigenvalue weighted by Gasteiger charge is 2.49. The van der Waals surface area contributed by atoms with Gasteiger partial charge in [0.15, 0.2) is 0 Å². The SMILES string of the molecule is CC(C)C(=O)N1CCC2(CC1)CN(C(=O)C1CN(C(C)C)C1)C2. The van der Waals surface area contributed by atoms with Crippen LogP contribution in [0, 0.1) is 17.3 Å². The van der Waals surface area contributed by atoms with Crippen molar-refractivity contribution in [2.24, 2.45) is 17.3 Å². The Bertz CT molecular complexity index is 467. The van der Waals surface area contributed by atoms with Crippen molar-refractivity contribution in [2.45, 2.75) is 46.6 Å². The van der Waals surface area contributed by atoms with Gasteiger partial charge in [0.05, 0.1) is 5.92 Å². The molecule has 1 spiro atoms. The van der Waals surface area contributed by atoms with Crippen LogP contribution < -0.4 is 0 Å². The number of hydrogen-bond donors (Lipinski definition) is 0. The summed E-state index contributed by atoms with van der Waals surface area (Å²) in [6.07, 6.45) is 2.11. The molecule has 23 heavy (non-hydrogen) atoms. The number of carbonyl (C=O) groups is 2. The van der Waals surface area contributed by atoms with Gasteiger partial charge in [-0.3, -0.25) is 14.5 Å². The molecule has 3 rings (SSSR count). The lowest BCUT2D eigenvalue weighted by Gasteiger charge is -2.56. The summed E-state index contributed by atoms with van der Waals surface area (Å²) in [5.41, 5.74) is 0.297. The molecule has 0 saturated carbocycles. The Kier molecular flexibility index (Phi) is 4.43. The second kappa shape index (κ2) is 6.08. The lowest BCUT2D eigenvalue weighted by atomic mass is 9.71. The van der Waals surface area contributed by atoms with Crippen LogP contribution in [0.1, 0.15) is 40.5 Å². The van der Waals surface area contributed by atoms with E-state index < -0.39 is 0 Å². The van der Waals surface area contributed by atoms with E-state index >= 15 is 0 Å². The molecule has 0 aromatic rings. The molecular formula is C18H31N3O2. The van der Waals surface area contributed by atoms with Crippen molar-refractivity contribution >= 4 is 11.8 Å². The minimum Gasteiger partial charge on any atom is -0.342 e. The van der Waals surface area contributed by atoms with Gasteiger partial charge in [0.2, 0.25) is 11.8 Å². The summed E-state index contributed by atoms with van der Waals surface area (Å²) >= 11 is 0. The summed E-state index contributed by atoms with van der Waals surface area (Å²) in [4.78, 5) is 31.0. The van der Waals surface area contributed by atoms with E-state index in [2.05, 4.69) is 23.6 Å². The van der Waals surface area contributed by atoms with E-state index in [1.165, 1.54) is 0 Å². The van der Waals surface area contributed by atoms with Gasteiger partial charge in [0.25, 0.3) is 0 Å². The maximum absolute atomic E-state index is 12.5. The molecule has 5 heteroatoms. The first-order valence-electron chi connectivity index (χ1n) is 9.13. The van der Waals surface area contributed by atoms with Crippen LogP contribution in [-0.2, 0) is 9.59 Å². The molecule has 0 aromatic heterocycles. The van der Waals surface area contributed by atoms with Crippen LogP contribution in [0.4, 0.5) is 0 Å². The fourth-order valence-electron chi connectivity index (χ4n) is 4.15. The molecule has 5 nitrogen and oxygen atoms in total. The van der Waals surface area contributed by atoms with Crippen molar-refractivity contribution in [3.8, 4) is 0 Å². The Morgan fingerprint density at radius 3 is 2.00 bits per heavy atom. The van der Waals surface area contributed by atoms with Gasteiger partial charge in [-0.25, -0.2) is 0 Å². The quantitative estimate of drug-likeness (QED) is 0.790. The lowest BCUT2D eigenvalue weighted by molar-refractivity contribution is -0.159. The summed E-state index contributed by atoms with van der Waals surface area (Å²) in [5.74, 6) is 0.937. The average molecular weight is 321 g/mol. The van der Waals surface area contributed by atoms with E-state index in [4.69, 9.17) is 0 Å². The molecule has 0 aromatic carbocycles. The van der Waals surface area contributed by atoms with Crippen molar-refractivity contribution in [2.75, 3.05) is 39.3 Å². The van der Waals surface area contributed by atoms with E-state index in [1.807, 2.05) is 18.7 Å². The lowest BCUT2D eigenvalue weighted by Crippen LogP contribution is -2.66. The van der Waals surface area contributed by atoms with Crippen LogP contribution in [0.25, 0.3) is 0 Å². The average Bonchev–Trinajstić information content (AvgIpc) is 2.41. The molecule has 130 valence electrons. The minimum atomic E-state index is 0.0889. The highest BCUT2D eigenvalue weighted by Crippen LogP contribution is 2.41. The smallest absolute Gasteiger partial charge is 0.228 e. The standard InChI is InChI=1S/C18H31N3O2/c1-13(2)16(22)19-7-5-18(6-8-19)11-21(12-18)17(23)15-9-20(10-15)14(3)4/h13-15H,5-12H2,1-4H3. The van der Waals surface area contributed by atoms with Crippen molar-refractivity contribution in [3.63, 3.8) is 0 Å². The van der Waals surface area contributed by atoms with Crippen molar-refractivity contribution in [3.05, 3.63) is 0 Å². The number of rotatable bonds is 3. The Labute approximate surface area is 140 Å². The van der Waals surface area contributed by atoms with Crippen LogP contribution >= 0.6 is 0 Å². The predicted molar refractivity (Wildman–Crippen MR) is 89.9 cm³/mol. The maximum atomic E-state index is 12.5. The zero-order valence-electron chi connectivity index (χ0n) is 15.0. The zero-order valence-corrected chi connectivity index (χ0v) is 15.0. The normalized spacial score (nSPS) is 25.0. The third-order valence-electron chi connectivity index (χ3n) is 5.98. The highest BCUT2D eigenvalue weighted by atomic mass is 16.2. The summed E-state index contributed by atoms with van der Waals surface area (Å²) in [5, 5.41) is 0. The van der Waals surface area contributed by atoms with Gasteiger partial charge < -0.3 is 9.80 Å². The molecule has 3 fully saturated rings. The van der Waals surface area contributed by atoms with Gasteiger partial charge in [-0.1, -0.05) is 13.8 Å². The van der Waals surface area contributed by atoms with E-state index in [-0.39, 0.29) is 17.7 Å². The second-order valence-electron chi connectivity index (χ2n) is 8.42. The first kappa shape index (κ1) is 16.7. The van der Waals surface area contributed by atoms with Gasteiger partial charge in [0.1, 0.15) is 0 Å². The minimum absolute atomic E-state index is 0.0889. The number of amides is 2. The monoisotopic (exact) mass is 321 g/mol. The summed E-state index contributed by atoms with van der Waals surface area (Å²) in [6.45, 7) is 13.7. The number of hydrogen-bond acceptors (Lipinski definition) is 3. The van der Waals surface area contributed by atoms with E-state index in [1.54, 1.807) is 0 Å². The largest absolute Gasteiger partial charge is 0.342 e. The molecule has 0 bridgehead atoms. The molecule has 2 amide bonds. The topological polar surface area (TPSA) is 43.9 Å². The Morgan fingerprint density at radius 2 is 1.52 bits per heavy atom. The molecular weight excluding hydrogens is 290 g/mol. The Hall–Kier alpha value is -1.10. The predicted octanol–water partition coefficient (Wildman–Crippen LogP) is 1.43. The summed E-state index contributed by atoms with van der Waals surface area (Å²) in [7, 11) is 0. The zero-order chi connectivity index (χ0) is 16.8. The molecule has 3 saturated heterocycles. The molecule has 3 heterocycles. The first-order chi connectivity index (χ1) is 10.8. The maximum Gasteiger partial charge on any atom is 0.228 e. The molecule has 0 atom stereocenters. The van der Waals surface area contributed by atoms with Gasteiger partial charge in [0, 0.05) is 56.6 Å². The van der Waals surface area contributed by atoms with Crippen LogP contribution in [0.5, 0.6) is 0 Å². The van der Waals surface area contributed by atoms with Gasteiger partial charge >= 0.3 is 0 Å². The number of piperidine rings is 1. The number of likely N-dealkylation sites (tertiary alicyclic amines) is 3. The van der Waals surface area contributed by atoms with Crippen LogP contribution in [0.2, 0.25) is 0 Å². The Morgan fingerprint density at radius 1 is 0.957 bits per heavy atom. The molecule has 0 unspecified atom stereocenters. The molecule has 0 radical (unpaired) electrons. The fraction of sp³-hybridized carbons (Fsp3) is 0.889. The van der Waals surface area contributed by atoms with Gasteiger partial charge in [-0.15, -0.1) is 0 Å². The number of carbonyl (C=O) groups excluding carboxylic acids is 2. The molecule has 3 aliphatic heterocycles. The third-order valence-corrected chi connectivity index (χ3v) is 5.98. The molecule has 0 aliphatic carbocycles. The van der Waals surface area contributed by atoms with E-state index in [9.17, 15) is 9.59 Å².